The van der Waals surface area contributed by atoms with E-state index < -0.39 is 11.9 Å². The SMILES string of the molecule is O=C1NC(c2cc(F)ccc2Cl)c2c(Nc3nn(C4CC4)c4ccccc34)cc(-c3ccc4ncnn4c3)cc21. The van der Waals surface area contributed by atoms with Gasteiger partial charge in [-0.1, -0.05) is 23.7 Å². The molecule has 1 fully saturated rings. The van der Waals surface area contributed by atoms with Gasteiger partial charge in [-0.3, -0.25) is 9.48 Å². The molecule has 10 heteroatoms. The number of hydrogen-bond acceptors (Lipinski definition) is 5. The number of anilines is 2. The number of fused-ring (bicyclic) bond motifs is 3. The number of hydrogen-bond donors (Lipinski definition) is 2. The number of para-hydroxylation sites is 1. The first kappa shape index (κ1) is 23.2. The first-order valence-electron chi connectivity index (χ1n) is 13.0. The van der Waals surface area contributed by atoms with Crippen LogP contribution >= 0.6 is 11.6 Å². The molecule has 0 saturated heterocycles. The largest absolute Gasteiger partial charge is 0.341 e. The molecule has 1 saturated carbocycles. The predicted octanol–water partition coefficient (Wildman–Crippen LogP) is 6.45. The molecule has 1 aliphatic carbocycles. The van der Waals surface area contributed by atoms with Crippen molar-refractivity contribution in [3.05, 3.63) is 107 Å². The van der Waals surface area contributed by atoms with Crippen LogP contribution in [0.5, 0.6) is 0 Å². The van der Waals surface area contributed by atoms with Gasteiger partial charge in [0.2, 0.25) is 0 Å². The van der Waals surface area contributed by atoms with Gasteiger partial charge in [-0.2, -0.15) is 10.2 Å². The molecular weight excluding hydrogens is 529 g/mol. The van der Waals surface area contributed by atoms with Crippen LogP contribution in [0, 0.1) is 5.82 Å². The van der Waals surface area contributed by atoms with Gasteiger partial charge in [-0.05, 0) is 73.0 Å². The maximum absolute atomic E-state index is 14.4. The molecule has 1 aliphatic heterocycles. The molecule has 8 nitrogen and oxygen atoms in total. The lowest BCUT2D eigenvalue weighted by Gasteiger charge is -2.19. The molecule has 1 amide bonds. The summed E-state index contributed by atoms with van der Waals surface area (Å²) in [5, 5.41) is 17.1. The average molecular weight is 550 g/mol. The highest BCUT2D eigenvalue weighted by molar-refractivity contribution is 6.31. The molecule has 1 atom stereocenters. The summed E-state index contributed by atoms with van der Waals surface area (Å²) in [7, 11) is 0. The van der Waals surface area contributed by atoms with Crippen molar-refractivity contribution in [3.63, 3.8) is 0 Å². The second-order valence-electron chi connectivity index (χ2n) is 10.2. The van der Waals surface area contributed by atoms with Gasteiger partial charge in [-0.25, -0.2) is 13.9 Å². The van der Waals surface area contributed by atoms with Crippen molar-refractivity contribution < 1.29 is 9.18 Å². The van der Waals surface area contributed by atoms with E-state index >= 15 is 0 Å². The molecule has 6 aromatic rings. The van der Waals surface area contributed by atoms with Crippen LogP contribution < -0.4 is 10.6 Å². The van der Waals surface area contributed by atoms with Crippen LogP contribution in [0.15, 0.2) is 79.3 Å². The van der Waals surface area contributed by atoms with Gasteiger partial charge in [0.25, 0.3) is 5.91 Å². The molecule has 1 unspecified atom stereocenters. The second kappa shape index (κ2) is 8.62. The standard InChI is InChI=1S/C30H21ClFN7O/c31-23-9-6-18(32)13-21(23)28-27-22(30(40)36-28)11-17(16-5-10-26-33-15-34-38(26)14-16)12-24(27)35-29-20-3-1-2-4-25(20)39(37-29)19-7-8-19/h1-6,9-15,19,28H,7-8H2,(H,35,37)(H,36,40). The molecule has 0 spiro atoms. The van der Waals surface area contributed by atoms with Gasteiger partial charge < -0.3 is 10.6 Å². The normalized spacial score (nSPS) is 16.4. The van der Waals surface area contributed by atoms with Crippen LogP contribution in [0.3, 0.4) is 0 Å². The van der Waals surface area contributed by atoms with Crippen molar-refractivity contribution in [1.82, 2.24) is 29.7 Å². The Hall–Kier alpha value is -4.76. The highest BCUT2D eigenvalue weighted by Crippen LogP contribution is 2.44. The highest BCUT2D eigenvalue weighted by atomic mass is 35.5. The number of carbonyl (C=O) groups is 1. The number of halogens is 2. The van der Waals surface area contributed by atoms with E-state index in [1.54, 1.807) is 4.52 Å². The fourth-order valence-corrected chi connectivity index (χ4v) is 5.79. The van der Waals surface area contributed by atoms with Crippen molar-refractivity contribution in [2.24, 2.45) is 0 Å². The van der Waals surface area contributed by atoms with E-state index in [-0.39, 0.29) is 5.91 Å². The third-order valence-electron chi connectivity index (χ3n) is 7.62. The number of nitrogens with one attached hydrogen (secondary N) is 2. The maximum atomic E-state index is 14.4. The van der Waals surface area contributed by atoms with E-state index in [4.69, 9.17) is 16.7 Å². The second-order valence-corrected chi connectivity index (χ2v) is 10.6. The zero-order chi connectivity index (χ0) is 27.0. The van der Waals surface area contributed by atoms with E-state index in [0.717, 1.165) is 40.5 Å². The summed E-state index contributed by atoms with van der Waals surface area (Å²) in [6, 6.07) is 19.7. The zero-order valence-electron chi connectivity index (χ0n) is 21.0. The topological polar surface area (TPSA) is 89.1 Å². The Labute approximate surface area is 232 Å². The molecular formula is C30H21ClFN7O. The number of aromatic nitrogens is 5. The van der Waals surface area contributed by atoms with Crippen molar-refractivity contribution in [1.29, 1.82) is 0 Å². The Balaban J connectivity index is 1.34. The highest BCUT2D eigenvalue weighted by Gasteiger charge is 2.35. The summed E-state index contributed by atoms with van der Waals surface area (Å²) < 4.78 is 18.1. The fourth-order valence-electron chi connectivity index (χ4n) is 5.57. The molecule has 2 N–H and O–H groups in total. The van der Waals surface area contributed by atoms with Gasteiger partial charge in [0.05, 0.1) is 17.6 Å². The Kier molecular flexibility index (Phi) is 4.99. The van der Waals surface area contributed by atoms with Crippen LogP contribution in [0.2, 0.25) is 5.02 Å². The van der Waals surface area contributed by atoms with E-state index in [1.807, 2.05) is 48.7 Å². The van der Waals surface area contributed by atoms with Crippen LogP contribution in [-0.2, 0) is 0 Å². The fraction of sp³-hybridized carbons (Fsp3) is 0.133. The van der Waals surface area contributed by atoms with Crippen molar-refractivity contribution in [2.75, 3.05) is 5.32 Å². The Morgan fingerprint density at radius 1 is 1.02 bits per heavy atom. The Morgan fingerprint density at radius 3 is 2.77 bits per heavy atom. The minimum Gasteiger partial charge on any atom is -0.341 e. The van der Waals surface area contributed by atoms with Crippen LogP contribution in [0.25, 0.3) is 27.7 Å². The molecule has 0 bridgehead atoms. The van der Waals surface area contributed by atoms with E-state index in [0.29, 0.717) is 39.3 Å². The summed E-state index contributed by atoms with van der Waals surface area (Å²) in [4.78, 5) is 17.6. The third-order valence-corrected chi connectivity index (χ3v) is 7.97. The molecule has 0 radical (unpaired) electrons. The van der Waals surface area contributed by atoms with Gasteiger partial charge in [-0.15, -0.1) is 0 Å². The maximum Gasteiger partial charge on any atom is 0.252 e. The number of pyridine rings is 1. The summed E-state index contributed by atoms with van der Waals surface area (Å²) in [5.41, 5.74) is 5.78. The van der Waals surface area contributed by atoms with E-state index in [9.17, 15) is 9.18 Å². The van der Waals surface area contributed by atoms with Crippen molar-refractivity contribution in [2.45, 2.75) is 24.9 Å². The number of benzene rings is 3. The molecule has 3 aromatic carbocycles. The molecule has 3 aromatic heterocycles. The van der Waals surface area contributed by atoms with Crippen LogP contribution in [-0.4, -0.2) is 30.3 Å². The lowest BCUT2D eigenvalue weighted by Crippen LogP contribution is -2.20. The van der Waals surface area contributed by atoms with Gasteiger partial charge in [0, 0.05) is 44.5 Å². The van der Waals surface area contributed by atoms with E-state index in [2.05, 4.69) is 31.5 Å². The summed E-state index contributed by atoms with van der Waals surface area (Å²) in [6.45, 7) is 0. The molecule has 2 aliphatic rings. The minimum atomic E-state index is -0.642. The lowest BCUT2D eigenvalue weighted by molar-refractivity contribution is 0.0960. The molecule has 196 valence electrons. The van der Waals surface area contributed by atoms with Crippen LogP contribution in [0.1, 0.15) is 46.4 Å². The monoisotopic (exact) mass is 549 g/mol. The Bertz CT molecular complexity index is 1990. The summed E-state index contributed by atoms with van der Waals surface area (Å²) in [5.74, 6) is 0.000907. The summed E-state index contributed by atoms with van der Waals surface area (Å²) >= 11 is 6.53. The molecule has 4 heterocycles. The van der Waals surface area contributed by atoms with Gasteiger partial charge in [0.1, 0.15) is 12.1 Å². The Morgan fingerprint density at radius 2 is 1.90 bits per heavy atom. The van der Waals surface area contributed by atoms with E-state index in [1.165, 1.54) is 24.5 Å². The molecule has 8 rings (SSSR count). The summed E-state index contributed by atoms with van der Waals surface area (Å²) in [6.07, 6.45) is 5.56. The van der Waals surface area contributed by atoms with Crippen molar-refractivity contribution in [3.8, 4) is 11.1 Å². The first-order chi connectivity index (χ1) is 19.5. The minimum absolute atomic E-state index is 0.263. The third kappa shape index (κ3) is 3.65. The quantitative estimate of drug-likeness (QED) is 0.258. The number of rotatable bonds is 5. The molecule has 40 heavy (non-hydrogen) atoms. The lowest BCUT2D eigenvalue weighted by atomic mass is 9.93. The smallest absolute Gasteiger partial charge is 0.252 e. The first-order valence-corrected chi connectivity index (χ1v) is 13.4. The number of amides is 1. The predicted molar refractivity (Wildman–Crippen MR) is 150 cm³/mol. The van der Waals surface area contributed by atoms with Gasteiger partial charge in [0.15, 0.2) is 11.5 Å². The number of carbonyl (C=O) groups excluding carboxylic acids is 1. The zero-order valence-corrected chi connectivity index (χ0v) is 21.7. The van der Waals surface area contributed by atoms with Crippen LogP contribution in [0.4, 0.5) is 15.9 Å². The average Bonchev–Trinajstić information content (AvgIpc) is 3.44. The van der Waals surface area contributed by atoms with Crippen molar-refractivity contribution >= 4 is 45.6 Å². The van der Waals surface area contributed by atoms with Gasteiger partial charge >= 0.3 is 0 Å². The number of nitrogens with zero attached hydrogens (tertiary/aromatic N) is 5.